The van der Waals surface area contributed by atoms with Gasteiger partial charge in [-0.2, -0.15) is 0 Å². The second-order valence-corrected chi connectivity index (χ2v) is 3.67. The van der Waals surface area contributed by atoms with Gasteiger partial charge in [0.15, 0.2) is 0 Å². The summed E-state index contributed by atoms with van der Waals surface area (Å²) in [7, 11) is 1.65. The molecule has 1 heterocycles. The summed E-state index contributed by atoms with van der Waals surface area (Å²) in [4.78, 5) is 0. The van der Waals surface area contributed by atoms with E-state index in [4.69, 9.17) is 14.2 Å². The Hall–Kier alpha value is -0.120. The molecule has 1 saturated carbocycles. The van der Waals surface area contributed by atoms with E-state index < -0.39 is 0 Å². The van der Waals surface area contributed by atoms with Crippen LogP contribution in [0.25, 0.3) is 0 Å². The van der Waals surface area contributed by atoms with E-state index in [1.807, 2.05) is 0 Å². The molecule has 3 unspecified atom stereocenters. The van der Waals surface area contributed by atoms with Crippen molar-refractivity contribution in [2.45, 2.75) is 31.5 Å². The number of rotatable bonds is 4. The van der Waals surface area contributed by atoms with Gasteiger partial charge >= 0.3 is 0 Å². The lowest BCUT2D eigenvalue weighted by atomic mass is 9.90. The molecule has 0 bridgehead atoms. The standard InChI is InChI=1S/C9H16O3/c1-10-6-11-5-7-2-3-8-9(4-7)12-8/h7-9H,2-6H2,1H3. The van der Waals surface area contributed by atoms with Gasteiger partial charge in [-0.15, -0.1) is 0 Å². The zero-order valence-corrected chi connectivity index (χ0v) is 7.49. The normalized spacial score (nSPS) is 39.2. The van der Waals surface area contributed by atoms with Gasteiger partial charge in [-0.3, -0.25) is 0 Å². The van der Waals surface area contributed by atoms with E-state index in [-0.39, 0.29) is 0 Å². The Morgan fingerprint density at radius 2 is 2.25 bits per heavy atom. The van der Waals surface area contributed by atoms with E-state index in [9.17, 15) is 0 Å². The first-order valence-electron chi connectivity index (χ1n) is 4.62. The first-order valence-corrected chi connectivity index (χ1v) is 4.62. The molecule has 0 radical (unpaired) electrons. The maximum Gasteiger partial charge on any atom is 0.146 e. The van der Waals surface area contributed by atoms with Gasteiger partial charge in [-0.1, -0.05) is 0 Å². The topological polar surface area (TPSA) is 31.0 Å². The van der Waals surface area contributed by atoms with Crippen LogP contribution in [0.1, 0.15) is 19.3 Å². The van der Waals surface area contributed by atoms with Gasteiger partial charge in [0, 0.05) is 7.11 Å². The molecule has 3 atom stereocenters. The molecule has 3 nitrogen and oxygen atoms in total. The van der Waals surface area contributed by atoms with Crippen LogP contribution in [0.5, 0.6) is 0 Å². The Morgan fingerprint density at radius 3 is 3.00 bits per heavy atom. The highest BCUT2D eigenvalue weighted by Crippen LogP contribution is 2.39. The summed E-state index contributed by atoms with van der Waals surface area (Å²) in [6, 6.07) is 0. The minimum absolute atomic E-state index is 0.422. The molecule has 70 valence electrons. The maximum atomic E-state index is 5.43. The molecule has 0 aromatic carbocycles. The Balaban J connectivity index is 1.61. The Kier molecular flexibility index (Phi) is 2.63. The lowest BCUT2D eigenvalue weighted by Gasteiger charge is -2.18. The number of fused-ring (bicyclic) bond motifs is 1. The Morgan fingerprint density at radius 1 is 1.33 bits per heavy atom. The average molecular weight is 172 g/mol. The summed E-state index contributed by atoms with van der Waals surface area (Å²) >= 11 is 0. The largest absolute Gasteiger partial charge is 0.370 e. The predicted molar refractivity (Wildman–Crippen MR) is 43.8 cm³/mol. The Bertz CT molecular complexity index is 149. The highest BCUT2D eigenvalue weighted by Gasteiger charge is 2.43. The summed E-state index contributed by atoms with van der Waals surface area (Å²) in [6.07, 6.45) is 4.84. The monoisotopic (exact) mass is 172 g/mol. The van der Waals surface area contributed by atoms with Crippen LogP contribution in [-0.4, -0.2) is 32.7 Å². The fourth-order valence-corrected chi connectivity index (χ4v) is 1.94. The van der Waals surface area contributed by atoms with Gasteiger partial charge in [0.05, 0.1) is 18.8 Å². The zero-order chi connectivity index (χ0) is 8.39. The van der Waals surface area contributed by atoms with Crippen molar-refractivity contribution in [3.63, 3.8) is 0 Å². The molecule has 2 fully saturated rings. The van der Waals surface area contributed by atoms with Crippen LogP contribution in [0.3, 0.4) is 0 Å². The number of hydrogen-bond donors (Lipinski definition) is 0. The molecule has 12 heavy (non-hydrogen) atoms. The first-order chi connectivity index (χ1) is 5.90. The van der Waals surface area contributed by atoms with Crippen molar-refractivity contribution < 1.29 is 14.2 Å². The summed E-state index contributed by atoms with van der Waals surface area (Å²) in [5.74, 6) is 0.698. The molecule has 0 aromatic heterocycles. The molecule has 1 saturated heterocycles. The molecular weight excluding hydrogens is 156 g/mol. The second kappa shape index (κ2) is 3.73. The lowest BCUT2D eigenvalue weighted by molar-refractivity contribution is -0.0463. The smallest absolute Gasteiger partial charge is 0.146 e. The molecule has 1 aliphatic heterocycles. The average Bonchev–Trinajstić information content (AvgIpc) is 2.83. The van der Waals surface area contributed by atoms with Crippen LogP contribution in [0.4, 0.5) is 0 Å². The SMILES string of the molecule is COCOCC1CCC2OC2C1. The van der Waals surface area contributed by atoms with E-state index in [1.54, 1.807) is 7.11 Å². The van der Waals surface area contributed by atoms with Crippen LogP contribution in [-0.2, 0) is 14.2 Å². The maximum absolute atomic E-state index is 5.43. The van der Waals surface area contributed by atoms with Gasteiger partial charge in [0.2, 0.25) is 0 Å². The fourth-order valence-electron chi connectivity index (χ4n) is 1.94. The zero-order valence-electron chi connectivity index (χ0n) is 7.49. The van der Waals surface area contributed by atoms with Crippen molar-refractivity contribution in [1.29, 1.82) is 0 Å². The minimum Gasteiger partial charge on any atom is -0.370 e. The lowest BCUT2D eigenvalue weighted by Crippen LogP contribution is -2.18. The molecular formula is C9H16O3. The molecule has 0 aromatic rings. The molecule has 2 rings (SSSR count). The molecule has 3 heteroatoms. The van der Waals surface area contributed by atoms with E-state index >= 15 is 0 Å². The van der Waals surface area contributed by atoms with Gasteiger partial charge < -0.3 is 14.2 Å². The van der Waals surface area contributed by atoms with Gasteiger partial charge in [0.1, 0.15) is 6.79 Å². The van der Waals surface area contributed by atoms with E-state index in [1.165, 1.54) is 19.3 Å². The highest BCUT2D eigenvalue weighted by molar-refractivity contribution is 4.91. The third-order valence-electron chi connectivity index (χ3n) is 2.67. The van der Waals surface area contributed by atoms with Crippen molar-refractivity contribution in [2.75, 3.05) is 20.5 Å². The molecule has 0 spiro atoms. The molecule has 0 amide bonds. The van der Waals surface area contributed by atoms with Crippen LogP contribution in [0.2, 0.25) is 0 Å². The number of hydrogen-bond acceptors (Lipinski definition) is 3. The van der Waals surface area contributed by atoms with Gasteiger partial charge in [-0.25, -0.2) is 0 Å². The van der Waals surface area contributed by atoms with Crippen molar-refractivity contribution in [1.82, 2.24) is 0 Å². The van der Waals surface area contributed by atoms with Crippen LogP contribution in [0, 0.1) is 5.92 Å². The van der Waals surface area contributed by atoms with Gasteiger partial charge in [-0.05, 0) is 25.2 Å². The van der Waals surface area contributed by atoms with Crippen LogP contribution < -0.4 is 0 Å². The summed E-state index contributed by atoms with van der Waals surface area (Å²) in [5.41, 5.74) is 0. The third kappa shape index (κ3) is 1.97. The molecule has 0 N–H and O–H groups in total. The minimum atomic E-state index is 0.422. The van der Waals surface area contributed by atoms with E-state index in [2.05, 4.69) is 0 Å². The number of ether oxygens (including phenoxy) is 3. The van der Waals surface area contributed by atoms with Crippen molar-refractivity contribution in [3.8, 4) is 0 Å². The number of epoxide rings is 1. The van der Waals surface area contributed by atoms with Crippen LogP contribution in [0.15, 0.2) is 0 Å². The predicted octanol–water partition coefficient (Wildman–Crippen LogP) is 1.17. The van der Waals surface area contributed by atoms with Gasteiger partial charge in [0.25, 0.3) is 0 Å². The van der Waals surface area contributed by atoms with Crippen LogP contribution >= 0.6 is 0 Å². The van der Waals surface area contributed by atoms with E-state index in [0.29, 0.717) is 24.9 Å². The number of methoxy groups -OCH3 is 1. The van der Waals surface area contributed by atoms with Crippen molar-refractivity contribution in [2.24, 2.45) is 5.92 Å². The quantitative estimate of drug-likeness (QED) is 0.362. The van der Waals surface area contributed by atoms with E-state index in [0.717, 1.165) is 6.61 Å². The third-order valence-corrected chi connectivity index (χ3v) is 2.67. The van der Waals surface area contributed by atoms with Crippen molar-refractivity contribution >= 4 is 0 Å². The second-order valence-electron chi connectivity index (χ2n) is 3.67. The molecule has 2 aliphatic rings. The first kappa shape index (κ1) is 8.48. The summed E-state index contributed by atoms with van der Waals surface area (Å²) < 4.78 is 15.6. The summed E-state index contributed by atoms with van der Waals surface area (Å²) in [5, 5.41) is 0. The highest BCUT2D eigenvalue weighted by atomic mass is 16.7. The fraction of sp³-hybridized carbons (Fsp3) is 1.00. The van der Waals surface area contributed by atoms with Crippen molar-refractivity contribution in [3.05, 3.63) is 0 Å². The molecule has 1 aliphatic carbocycles. The summed E-state index contributed by atoms with van der Waals surface area (Å²) in [6.45, 7) is 1.26. The Labute approximate surface area is 73.0 Å².